The van der Waals surface area contributed by atoms with Crippen molar-refractivity contribution in [3.8, 4) is 5.75 Å². The second kappa shape index (κ2) is 7.16. The van der Waals surface area contributed by atoms with Gasteiger partial charge in [-0.05, 0) is 24.6 Å². The fraction of sp³-hybridized carbons (Fsp3) is 0.333. The number of esters is 1. The minimum atomic E-state index is -4.88. The number of amides is 1. The van der Waals surface area contributed by atoms with E-state index in [1.54, 1.807) is 0 Å². The number of carbonyl (C=O) groups excluding carboxylic acids is 2. The quantitative estimate of drug-likeness (QED) is 0.682. The van der Waals surface area contributed by atoms with Gasteiger partial charge in [0.25, 0.3) is 0 Å². The molecule has 0 aromatic heterocycles. The van der Waals surface area contributed by atoms with Crippen LogP contribution < -0.4 is 10.1 Å². The van der Waals surface area contributed by atoms with Crippen LogP contribution in [0.3, 0.4) is 0 Å². The molecule has 1 aromatic rings. The molecule has 0 radical (unpaired) electrons. The zero-order valence-corrected chi connectivity index (χ0v) is 11.5. The molecule has 0 unspecified atom stereocenters. The van der Waals surface area contributed by atoms with E-state index < -0.39 is 24.0 Å². The van der Waals surface area contributed by atoms with Gasteiger partial charge in [0.2, 0.25) is 0 Å². The van der Waals surface area contributed by atoms with Crippen molar-refractivity contribution in [1.29, 1.82) is 0 Å². The smallest absolute Gasteiger partial charge is 0.459 e. The van der Waals surface area contributed by atoms with Gasteiger partial charge in [-0.15, -0.1) is 13.2 Å². The average Bonchev–Trinajstić information content (AvgIpc) is 2.38. The van der Waals surface area contributed by atoms with Gasteiger partial charge in [0.15, 0.2) is 0 Å². The maximum atomic E-state index is 12.1. The highest BCUT2D eigenvalue weighted by Gasteiger charge is 2.32. The van der Waals surface area contributed by atoms with Crippen LogP contribution in [0.2, 0.25) is 5.02 Å². The average molecular weight is 326 g/mol. The molecule has 0 saturated carbocycles. The molecule has 5 nitrogen and oxygen atoms in total. The van der Waals surface area contributed by atoms with Crippen molar-refractivity contribution in [3.63, 3.8) is 0 Å². The number of alkyl halides is 3. The molecule has 0 saturated heterocycles. The zero-order chi connectivity index (χ0) is 16.0. The number of benzene rings is 1. The largest absolute Gasteiger partial charge is 0.573 e. The molecule has 0 aliphatic rings. The Kier molecular flexibility index (Phi) is 5.83. The molecule has 0 heterocycles. The monoisotopic (exact) mass is 325 g/mol. The minimum absolute atomic E-state index is 0.0385. The van der Waals surface area contributed by atoms with E-state index in [4.69, 9.17) is 11.6 Å². The van der Waals surface area contributed by atoms with Crippen molar-refractivity contribution in [2.24, 2.45) is 0 Å². The summed E-state index contributed by atoms with van der Waals surface area (Å²) in [5.41, 5.74) is 0.274. The molecular formula is C12H11ClF3NO4. The summed E-state index contributed by atoms with van der Waals surface area (Å²) in [6, 6.07) is 3.59. The summed E-state index contributed by atoms with van der Waals surface area (Å²) < 4.78 is 44.6. The Hall–Kier alpha value is -1.96. The predicted octanol–water partition coefficient (Wildman–Crippen LogP) is 2.42. The number of nitrogens with one attached hydrogen (secondary N) is 1. The van der Waals surface area contributed by atoms with Crippen molar-refractivity contribution in [2.45, 2.75) is 19.8 Å². The highest BCUT2D eigenvalue weighted by atomic mass is 35.5. The molecule has 1 rings (SSSR count). The Balaban J connectivity index is 2.70. The fourth-order valence-electron chi connectivity index (χ4n) is 1.31. The Bertz CT molecular complexity index is 534. The Labute approximate surface area is 123 Å². The minimum Gasteiger partial charge on any atom is -0.459 e. The first-order valence-corrected chi connectivity index (χ1v) is 6.10. The van der Waals surface area contributed by atoms with Gasteiger partial charge >= 0.3 is 18.2 Å². The normalized spacial score (nSPS) is 10.9. The first-order valence-electron chi connectivity index (χ1n) is 5.72. The van der Waals surface area contributed by atoms with Crippen LogP contribution in [-0.4, -0.2) is 24.8 Å². The third kappa shape index (κ3) is 5.90. The van der Waals surface area contributed by atoms with Crippen molar-refractivity contribution in [2.75, 3.05) is 6.61 Å². The Morgan fingerprint density at radius 1 is 1.33 bits per heavy atom. The van der Waals surface area contributed by atoms with Crippen LogP contribution in [0.5, 0.6) is 5.75 Å². The van der Waals surface area contributed by atoms with Gasteiger partial charge in [-0.25, -0.2) is 4.79 Å². The molecule has 0 bridgehead atoms. The molecule has 0 fully saturated rings. The van der Waals surface area contributed by atoms with Gasteiger partial charge in [-0.1, -0.05) is 17.7 Å². The standard InChI is InChI=1S/C12H11ClF3NO4/c1-2-20-11(19)10(18)17-6-7-3-4-8(13)9(5-7)21-12(14,15)16/h3-5H,2,6H2,1H3,(H,17,18). The maximum absolute atomic E-state index is 12.1. The van der Waals surface area contributed by atoms with Gasteiger partial charge in [-0.2, -0.15) is 0 Å². The molecule has 116 valence electrons. The number of rotatable bonds is 4. The molecule has 1 amide bonds. The summed E-state index contributed by atoms with van der Waals surface area (Å²) in [5, 5.41) is 1.97. The molecule has 1 N–H and O–H groups in total. The molecular weight excluding hydrogens is 315 g/mol. The second-order valence-corrected chi connectivity index (χ2v) is 4.12. The lowest BCUT2D eigenvalue weighted by atomic mass is 10.2. The van der Waals surface area contributed by atoms with E-state index in [1.807, 2.05) is 0 Å². The second-order valence-electron chi connectivity index (χ2n) is 3.72. The van der Waals surface area contributed by atoms with Crippen molar-refractivity contribution < 1.29 is 32.2 Å². The lowest BCUT2D eigenvalue weighted by Gasteiger charge is -2.12. The van der Waals surface area contributed by atoms with Crippen LogP contribution in [0.15, 0.2) is 18.2 Å². The van der Waals surface area contributed by atoms with E-state index in [9.17, 15) is 22.8 Å². The lowest BCUT2D eigenvalue weighted by molar-refractivity contribution is -0.274. The third-order valence-electron chi connectivity index (χ3n) is 2.14. The van der Waals surface area contributed by atoms with Gasteiger partial charge in [0.05, 0.1) is 11.6 Å². The summed E-state index contributed by atoms with van der Waals surface area (Å²) in [6.45, 7) is 1.39. The highest BCUT2D eigenvalue weighted by molar-refractivity contribution is 6.32. The van der Waals surface area contributed by atoms with E-state index in [0.717, 1.165) is 6.07 Å². The summed E-state index contributed by atoms with van der Waals surface area (Å²) >= 11 is 5.57. The molecule has 0 spiro atoms. The number of hydrogen-bond donors (Lipinski definition) is 1. The van der Waals surface area contributed by atoms with Crippen molar-refractivity contribution in [1.82, 2.24) is 5.32 Å². The van der Waals surface area contributed by atoms with Crippen LogP contribution >= 0.6 is 11.6 Å². The van der Waals surface area contributed by atoms with Gasteiger partial charge < -0.3 is 14.8 Å². The number of halogens is 4. The lowest BCUT2D eigenvalue weighted by Crippen LogP contribution is -2.32. The molecule has 1 aromatic carbocycles. The molecule has 0 aliphatic carbocycles. The number of ether oxygens (including phenoxy) is 2. The zero-order valence-electron chi connectivity index (χ0n) is 10.8. The Morgan fingerprint density at radius 3 is 2.57 bits per heavy atom. The number of hydrogen-bond acceptors (Lipinski definition) is 4. The van der Waals surface area contributed by atoms with Gasteiger partial charge in [0.1, 0.15) is 5.75 Å². The molecule has 9 heteroatoms. The van der Waals surface area contributed by atoms with E-state index in [2.05, 4.69) is 14.8 Å². The van der Waals surface area contributed by atoms with Gasteiger partial charge in [-0.3, -0.25) is 4.79 Å². The van der Waals surface area contributed by atoms with E-state index in [0.29, 0.717) is 0 Å². The summed E-state index contributed by atoms with van der Waals surface area (Å²) in [6.07, 6.45) is -4.88. The van der Waals surface area contributed by atoms with E-state index in [1.165, 1.54) is 19.1 Å². The van der Waals surface area contributed by atoms with Crippen LogP contribution in [-0.2, 0) is 20.9 Å². The van der Waals surface area contributed by atoms with Crippen LogP contribution in [0, 0.1) is 0 Å². The van der Waals surface area contributed by atoms with Crippen molar-refractivity contribution in [3.05, 3.63) is 28.8 Å². The number of carbonyl (C=O) groups is 2. The van der Waals surface area contributed by atoms with Crippen LogP contribution in [0.4, 0.5) is 13.2 Å². The first-order chi connectivity index (χ1) is 9.73. The SMILES string of the molecule is CCOC(=O)C(=O)NCc1ccc(Cl)c(OC(F)(F)F)c1. The summed E-state index contributed by atoms with van der Waals surface area (Å²) in [5.74, 6) is -2.66. The predicted molar refractivity (Wildman–Crippen MR) is 66.6 cm³/mol. The fourth-order valence-corrected chi connectivity index (χ4v) is 1.47. The molecule has 21 heavy (non-hydrogen) atoms. The summed E-state index contributed by atoms with van der Waals surface area (Å²) in [7, 11) is 0. The topological polar surface area (TPSA) is 64.6 Å². The molecule has 0 aliphatic heterocycles. The highest BCUT2D eigenvalue weighted by Crippen LogP contribution is 2.30. The maximum Gasteiger partial charge on any atom is 0.573 e. The Morgan fingerprint density at radius 2 is 2.00 bits per heavy atom. The molecule has 0 atom stereocenters. The van der Waals surface area contributed by atoms with E-state index in [-0.39, 0.29) is 23.7 Å². The van der Waals surface area contributed by atoms with Gasteiger partial charge in [0, 0.05) is 6.54 Å². The first kappa shape index (κ1) is 17.1. The summed E-state index contributed by atoms with van der Waals surface area (Å²) in [4.78, 5) is 22.3. The van der Waals surface area contributed by atoms with E-state index >= 15 is 0 Å². The van der Waals surface area contributed by atoms with Crippen molar-refractivity contribution >= 4 is 23.5 Å². The van der Waals surface area contributed by atoms with Crippen LogP contribution in [0.1, 0.15) is 12.5 Å². The van der Waals surface area contributed by atoms with Crippen LogP contribution in [0.25, 0.3) is 0 Å². The third-order valence-corrected chi connectivity index (χ3v) is 2.45.